The van der Waals surface area contributed by atoms with E-state index in [2.05, 4.69) is 20.5 Å². The predicted molar refractivity (Wildman–Crippen MR) is 113 cm³/mol. The Bertz CT molecular complexity index is 1220. The Labute approximate surface area is 173 Å². The van der Waals surface area contributed by atoms with Crippen molar-refractivity contribution in [2.24, 2.45) is 7.05 Å². The van der Waals surface area contributed by atoms with Gasteiger partial charge in [-0.3, -0.25) is 9.48 Å². The molecule has 1 amide bonds. The molecule has 3 heterocycles. The number of carbonyl (C=O) groups is 1. The number of nitrogens with zero attached hydrogens (tertiary/aromatic N) is 5. The minimum absolute atomic E-state index is 0.303. The average Bonchev–Trinajstić information content (AvgIpc) is 3.16. The molecular formula is C21H21ClN6O. The Hall–Kier alpha value is -3.19. The van der Waals surface area contributed by atoms with Crippen molar-refractivity contribution in [3.8, 4) is 0 Å². The Morgan fingerprint density at radius 1 is 1.14 bits per heavy atom. The molecule has 3 aromatic heterocycles. The summed E-state index contributed by atoms with van der Waals surface area (Å²) >= 11 is 6.61. The summed E-state index contributed by atoms with van der Waals surface area (Å²) in [5.74, 6) is -0.303. The van der Waals surface area contributed by atoms with Gasteiger partial charge >= 0.3 is 0 Å². The van der Waals surface area contributed by atoms with Crippen molar-refractivity contribution in [3.63, 3.8) is 0 Å². The van der Waals surface area contributed by atoms with Gasteiger partial charge in [0.2, 0.25) is 0 Å². The zero-order valence-electron chi connectivity index (χ0n) is 16.7. The number of anilines is 1. The number of aryl methyl sites for hydroxylation is 4. The third-order valence-electron chi connectivity index (χ3n) is 4.84. The second-order valence-corrected chi connectivity index (χ2v) is 7.53. The van der Waals surface area contributed by atoms with Crippen molar-refractivity contribution in [2.45, 2.75) is 27.3 Å². The molecule has 0 aliphatic rings. The molecule has 1 aromatic carbocycles. The number of hydrogen-bond donors (Lipinski definition) is 1. The van der Waals surface area contributed by atoms with E-state index >= 15 is 0 Å². The third kappa shape index (κ3) is 3.61. The molecule has 0 saturated carbocycles. The van der Waals surface area contributed by atoms with Gasteiger partial charge in [0.25, 0.3) is 5.91 Å². The molecule has 0 aliphatic carbocycles. The summed E-state index contributed by atoms with van der Waals surface area (Å²) in [6, 6.07) is 9.59. The number of aromatic nitrogens is 5. The highest BCUT2D eigenvalue weighted by Gasteiger charge is 2.20. The summed E-state index contributed by atoms with van der Waals surface area (Å²) in [5, 5.41) is 12.9. The van der Waals surface area contributed by atoms with Crippen molar-refractivity contribution < 1.29 is 4.79 Å². The number of halogens is 1. The lowest BCUT2D eigenvalue weighted by molar-refractivity contribution is 0.102. The zero-order valence-corrected chi connectivity index (χ0v) is 17.4. The molecule has 4 aromatic rings. The molecule has 0 bridgehead atoms. The molecule has 8 heteroatoms. The van der Waals surface area contributed by atoms with Crippen LogP contribution in [-0.2, 0) is 13.6 Å². The lowest BCUT2D eigenvalue weighted by Gasteiger charge is -2.08. The fourth-order valence-electron chi connectivity index (χ4n) is 3.34. The van der Waals surface area contributed by atoms with E-state index in [1.54, 1.807) is 4.68 Å². The van der Waals surface area contributed by atoms with Crippen LogP contribution in [0.25, 0.3) is 11.0 Å². The highest BCUT2D eigenvalue weighted by atomic mass is 35.5. The maximum atomic E-state index is 12.7. The van der Waals surface area contributed by atoms with Gasteiger partial charge in [-0.25, -0.2) is 9.67 Å². The van der Waals surface area contributed by atoms with Gasteiger partial charge in [0, 0.05) is 18.9 Å². The summed E-state index contributed by atoms with van der Waals surface area (Å²) in [4.78, 5) is 17.2. The molecule has 0 unspecified atom stereocenters. The van der Waals surface area contributed by atoms with Crippen LogP contribution < -0.4 is 5.32 Å². The van der Waals surface area contributed by atoms with Crippen LogP contribution in [0.2, 0.25) is 5.02 Å². The quantitative estimate of drug-likeness (QED) is 0.552. The van der Waals surface area contributed by atoms with E-state index in [9.17, 15) is 4.79 Å². The number of fused-ring (bicyclic) bond motifs is 1. The first-order chi connectivity index (χ1) is 13.8. The molecule has 0 radical (unpaired) electrons. The van der Waals surface area contributed by atoms with Crippen molar-refractivity contribution in [1.29, 1.82) is 0 Å². The number of hydrogen-bond acceptors (Lipinski definition) is 4. The highest BCUT2D eigenvalue weighted by Crippen LogP contribution is 2.29. The van der Waals surface area contributed by atoms with Gasteiger partial charge in [0.05, 0.1) is 39.6 Å². The molecule has 0 spiro atoms. The van der Waals surface area contributed by atoms with Gasteiger partial charge in [-0.1, -0.05) is 29.3 Å². The first-order valence-electron chi connectivity index (χ1n) is 9.22. The van der Waals surface area contributed by atoms with Crippen LogP contribution in [0.4, 0.5) is 5.69 Å². The fraction of sp³-hybridized carbons (Fsp3) is 0.238. The Balaban J connectivity index is 1.68. The first kappa shape index (κ1) is 19.1. The van der Waals surface area contributed by atoms with Crippen molar-refractivity contribution in [3.05, 3.63) is 69.8 Å². The standard InChI is InChI=1S/C21H21ClN6O/c1-12-5-7-15(8-6-12)24-21(29)17-10-23-20-18(19(17)22)14(3)26-28(20)11-16-9-13(2)25-27(16)4/h5-10H,11H2,1-4H3,(H,24,29). The van der Waals surface area contributed by atoms with Crippen LogP contribution in [0.15, 0.2) is 36.5 Å². The topological polar surface area (TPSA) is 77.6 Å². The molecule has 1 N–H and O–H groups in total. The molecule has 0 atom stereocenters. The van der Waals surface area contributed by atoms with Crippen molar-refractivity contribution in [2.75, 3.05) is 5.32 Å². The Morgan fingerprint density at radius 2 is 1.86 bits per heavy atom. The molecule has 4 rings (SSSR count). The van der Waals surface area contributed by atoms with Crippen LogP contribution in [-0.4, -0.2) is 30.5 Å². The van der Waals surface area contributed by atoms with Crippen LogP contribution in [0.5, 0.6) is 0 Å². The zero-order chi connectivity index (χ0) is 20.7. The third-order valence-corrected chi connectivity index (χ3v) is 5.23. The highest BCUT2D eigenvalue weighted by molar-refractivity contribution is 6.39. The largest absolute Gasteiger partial charge is 0.322 e. The van der Waals surface area contributed by atoms with Crippen LogP contribution in [0.1, 0.15) is 33.0 Å². The van der Waals surface area contributed by atoms with E-state index in [0.717, 1.165) is 22.6 Å². The summed E-state index contributed by atoms with van der Waals surface area (Å²) in [6.45, 7) is 6.32. The van der Waals surface area contributed by atoms with Gasteiger partial charge in [-0.05, 0) is 39.0 Å². The van der Waals surface area contributed by atoms with Gasteiger partial charge < -0.3 is 5.32 Å². The Morgan fingerprint density at radius 3 is 2.52 bits per heavy atom. The summed E-state index contributed by atoms with van der Waals surface area (Å²) in [6.07, 6.45) is 1.50. The minimum atomic E-state index is -0.303. The lowest BCUT2D eigenvalue weighted by atomic mass is 10.2. The minimum Gasteiger partial charge on any atom is -0.322 e. The number of pyridine rings is 1. The van der Waals surface area contributed by atoms with Crippen LogP contribution >= 0.6 is 11.6 Å². The van der Waals surface area contributed by atoms with Crippen LogP contribution in [0.3, 0.4) is 0 Å². The lowest BCUT2D eigenvalue weighted by Crippen LogP contribution is -2.13. The van der Waals surface area contributed by atoms with Crippen LogP contribution in [0, 0.1) is 20.8 Å². The van der Waals surface area contributed by atoms with Gasteiger partial charge in [0.1, 0.15) is 0 Å². The number of rotatable bonds is 4. The van der Waals surface area contributed by atoms with E-state index in [4.69, 9.17) is 11.6 Å². The van der Waals surface area contributed by atoms with Gasteiger partial charge in [0.15, 0.2) is 5.65 Å². The van der Waals surface area contributed by atoms with E-state index in [1.807, 2.05) is 62.8 Å². The second kappa shape index (κ2) is 7.33. The molecule has 7 nitrogen and oxygen atoms in total. The monoisotopic (exact) mass is 408 g/mol. The van der Waals surface area contributed by atoms with E-state index in [-0.39, 0.29) is 5.91 Å². The molecular weight excluding hydrogens is 388 g/mol. The van der Waals surface area contributed by atoms with Crippen molar-refractivity contribution >= 4 is 34.2 Å². The second-order valence-electron chi connectivity index (χ2n) is 7.15. The molecule has 0 saturated heterocycles. The smallest absolute Gasteiger partial charge is 0.258 e. The normalized spacial score (nSPS) is 11.2. The van der Waals surface area contributed by atoms with E-state index < -0.39 is 0 Å². The van der Waals surface area contributed by atoms with Gasteiger partial charge in [-0.15, -0.1) is 0 Å². The summed E-state index contributed by atoms with van der Waals surface area (Å²) in [5.41, 5.74) is 5.45. The van der Waals surface area contributed by atoms with Crippen molar-refractivity contribution in [1.82, 2.24) is 24.5 Å². The maximum Gasteiger partial charge on any atom is 0.258 e. The molecule has 29 heavy (non-hydrogen) atoms. The van der Waals surface area contributed by atoms with E-state index in [0.29, 0.717) is 33.9 Å². The maximum absolute atomic E-state index is 12.7. The average molecular weight is 409 g/mol. The molecule has 148 valence electrons. The summed E-state index contributed by atoms with van der Waals surface area (Å²) in [7, 11) is 1.90. The van der Waals surface area contributed by atoms with E-state index in [1.165, 1.54) is 6.20 Å². The molecule has 0 fully saturated rings. The fourth-order valence-corrected chi connectivity index (χ4v) is 3.70. The SMILES string of the molecule is Cc1ccc(NC(=O)c2cnc3c(c(C)nn3Cc3cc(C)nn3C)c2Cl)cc1. The number of nitrogens with one attached hydrogen (secondary N) is 1. The van der Waals surface area contributed by atoms with Gasteiger partial charge in [-0.2, -0.15) is 10.2 Å². The summed E-state index contributed by atoms with van der Waals surface area (Å²) < 4.78 is 3.61. The Kier molecular flexibility index (Phi) is 4.84. The number of benzene rings is 1. The first-order valence-corrected chi connectivity index (χ1v) is 9.60. The predicted octanol–water partition coefficient (Wildman–Crippen LogP) is 4.04. The number of amides is 1. The molecule has 0 aliphatic heterocycles. The number of carbonyl (C=O) groups excluding carboxylic acids is 1.